The molecule has 0 N–H and O–H groups in total. The Labute approximate surface area is 159 Å². The van der Waals surface area contributed by atoms with Crippen LogP contribution in [0.25, 0.3) is 16.9 Å². The van der Waals surface area contributed by atoms with Crippen LogP contribution in [0, 0.1) is 5.82 Å². The highest BCUT2D eigenvalue weighted by molar-refractivity contribution is 5.59. The van der Waals surface area contributed by atoms with E-state index in [2.05, 4.69) is 29.8 Å². The Morgan fingerprint density at radius 1 is 1.14 bits per heavy atom. The quantitative estimate of drug-likeness (QED) is 0.565. The van der Waals surface area contributed by atoms with Crippen LogP contribution in [0.1, 0.15) is 19.7 Å². The molecule has 0 radical (unpaired) electrons. The number of halogens is 6. The van der Waals surface area contributed by atoms with Gasteiger partial charge in [0.05, 0.1) is 12.3 Å². The SMILES string of the molecule is CCOC(F)(F)c1nnc2ccc(-c3cnc(OC(C)C(F)(F)F)c(F)c3)nn12. The Bertz CT molecular complexity index is 1020. The van der Waals surface area contributed by atoms with Crippen LogP contribution in [0.15, 0.2) is 24.4 Å². The maximum absolute atomic E-state index is 14.2. The molecule has 3 heterocycles. The molecule has 0 aliphatic heterocycles. The third-order valence-electron chi connectivity index (χ3n) is 3.70. The normalized spacial score (nSPS) is 13.7. The van der Waals surface area contributed by atoms with Crippen molar-refractivity contribution in [2.45, 2.75) is 32.2 Å². The zero-order valence-corrected chi connectivity index (χ0v) is 14.9. The first-order valence-corrected chi connectivity index (χ1v) is 8.17. The third kappa shape index (κ3) is 4.23. The van der Waals surface area contributed by atoms with E-state index in [0.717, 1.165) is 16.8 Å². The summed E-state index contributed by atoms with van der Waals surface area (Å²) in [5, 5.41) is 10.9. The molecule has 0 saturated carbocycles. The number of nitrogens with zero attached hydrogens (tertiary/aromatic N) is 5. The smallest absolute Gasteiger partial charge is 0.425 e. The molecule has 3 rings (SSSR count). The van der Waals surface area contributed by atoms with Crippen LogP contribution >= 0.6 is 0 Å². The van der Waals surface area contributed by atoms with E-state index < -0.39 is 35.9 Å². The van der Waals surface area contributed by atoms with Gasteiger partial charge in [-0.05, 0) is 32.0 Å². The highest BCUT2D eigenvalue weighted by Crippen LogP contribution is 2.30. The molecule has 0 bridgehead atoms. The molecule has 29 heavy (non-hydrogen) atoms. The lowest BCUT2D eigenvalue weighted by atomic mass is 10.2. The van der Waals surface area contributed by atoms with E-state index in [0.29, 0.717) is 6.92 Å². The number of hydrogen-bond acceptors (Lipinski definition) is 6. The van der Waals surface area contributed by atoms with E-state index >= 15 is 0 Å². The lowest BCUT2D eigenvalue weighted by molar-refractivity contribution is -0.252. The van der Waals surface area contributed by atoms with Crippen molar-refractivity contribution in [3.8, 4) is 17.1 Å². The molecule has 0 spiro atoms. The predicted octanol–water partition coefficient (Wildman–Crippen LogP) is 3.74. The van der Waals surface area contributed by atoms with Crippen molar-refractivity contribution in [3.63, 3.8) is 0 Å². The molecular formula is C16H13F6N5O2. The summed E-state index contributed by atoms with van der Waals surface area (Å²) < 4.78 is 89.4. The number of hydrogen-bond donors (Lipinski definition) is 0. The van der Waals surface area contributed by atoms with Gasteiger partial charge >= 0.3 is 12.3 Å². The van der Waals surface area contributed by atoms with Crippen molar-refractivity contribution in [1.29, 1.82) is 0 Å². The van der Waals surface area contributed by atoms with E-state index in [9.17, 15) is 26.3 Å². The molecule has 0 aliphatic rings. The van der Waals surface area contributed by atoms with E-state index in [1.165, 1.54) is 19.1 Å². The van der Waals surface area contributed by atoms with Gasteiger partial charge in [0.15, 0.2) is 17.6 Å². The minimum atomic E-state index is -4.70. The topological polar surface area (TPSA) is 74.4 Å². The number of pyridine rings is 1. The highest BCUT2D eigenvalue weighted by atomic mass is 19.4. The third-order valence-corrected chi connectivity index (χ3v) is 3.70. The number of aromatic nitrogens is 5. The van der Waals surface area contributed by atoms with Crippen LogP contribution in [0.4, 0.5) is 26.3 Å². The van der Waals surface area contributed by atoms with Gasteiger partial charge in [-0.1, -0.05) is 0 Å². The van der Waals surface area contributed by atoms with E-state index in [1.54, 1.807) is 0 Å². The Kier molecular flexibility index (Phi) is 5.34. The first-order chi connectivity index (χ1) is 13.5. The second-order valence-corrected chi connectivity index (χ2v) is 5.77. The molecule has 3 aromatic heterocycles. The second kappa shape index (κ2) is 7.46. The van der Waals surface area contributed by atoms with Gasteiger partial charge in [-0.25, -0.2) is 9.37 Å². The Morgan fingerprint density at radius 3 is 2.48 bits per heavy atom. The summed E-state index contributed by atoms with van der Waals surface area (Å²) in [5.74, 6) is -2.92. The lowest BCUT2D eigenvalue weighted by Gasteiger charge is -2.17. The van der Waals surface area contributed by atoms with Crippen molar-refractivity contribution < 1.29 is 35.8 Å². The largest absolute Gasteiger partial charge is 0.463 e. The average Bonchev–Trinajstić information content (AvgIpc) is 3.06. The molecule has 0 saturated heterocycles. The first kappa shape index (κ1) is 20.8. The van der Waals surface area contributed by atoms with Crippen LogP contribution in [0.3, 0.4) is 0 Å². The van der Waals surface area contributed by atoms with Crippen LogP contribution in [-0.4, -0.2) is 43.7 Å². The fraction of sp³-hybridized carbons (Fsp3) is 0.375. The second-order valence-electron chi connectivity index (χ2n) is 5.77. The van der Waals surface area contributed by atoms with E-state index in [4.69, 9.17) is 0 Å². The summed E-state index contributed by atoms with van der Waals surface area (Å²) in [6, 6.07) is 3.46. The van der Waals surface area contributed by atoms with E-state index in [-0.39, 0.29) is 23.5 Å². The molecule has 0 fully saturated rings. The molecule has 0 aromatic carbocycles. The van der Waals surface area contributed by atoms with Crippen molar-refractivity contribution in [2.24, 2.45) is 0 Å². The number of ether oxygens (including phenoxy) is 2. The molecule has 1 unspecified atom stereocenters. The van der Waals surface area contributed by atoms with Gasteiger partial charge in [-0.3, -0.25) is 0 Å². The van der Waals surface area contributed by atoms with Gasteiger partial charge in [0.25, 0.3) is 11.7 Å². The summed E-state index contributed by atoms with van der Waals surface area (Å²) in [7, 11) is 0. The molecule has 3 aromatic rings. The molecular weight excluding hydrogens is 408 g/mol. The maximum atomic E-state index is 14.2. The zero-order valence-electron chi connectivity index (χ0n) is 14.9. The minimum Gasteiger partial charge on any atom is -0.463 e. The minimum absolute atomic E-state index is 0.00679. The fourth-order valence-electron chi connectivity index (χ4n) is 2.26. The highest BCUT2D eigenvalue weighted by Gasteiger charge is 2.40. The average molecular weight is 421 g/mol. The Balaban J connectivity index is 1.96. The Hall–Kier alpha value is -2.96. The van der Waals surface area contributed by atoms with Gasteiger partial charge in [-0.15, -0.1) is 10.2 Å². The summed E-state index contributed by atoms with van der Waals surface area (Å²) in [5.41, 5.74) is -0.0148. The molecule has 0 amide bonds. The maximum Gasteiger partial charge on any atom is 0.425 e. The first-order valence-electron chi connectivity index (χ1n) is 8.17. The van der Waals surface area contributed by atoms with Gasteiger partial charge in [0.2, 0.25) is 0 Å². The van der Waals surface area contributed by atoms with Crippen LogP contribution in [0.5, 0.6) is 5.88 Å². The summed E-state index contributed by atoms with van der Waals surface area (Å²) in [6.45, 7) is 1.78. The Morgan fingerprint density at radius 2 is 1.86 bits per heavy atom. The molecule has 156 valence electrons. The standard InChI is InChI=1S/C16H13F6N5O2/c1-3-28-16(21,22)14-25-24-12-5-4-11(26-27(12)14)9-6-10(17)13(23-7-9)29-8(2)15(18,19)20/h4-8H,3H2,1-2H3. The lowest BCUT2D eigenvalue weighted by Crippen LogP contribution is -2.31. The van der Waals surface area contributed by atoms with Crippen LogP contribution in [0.2, 0.25) is 0 Å². The summed E-state index contributed by atoms with van der Waals surface area (Å²) in [4.78, 5) is 3.53. The zero-order chi connectivity index (χ0) is 21.4. The number of fused-ring (bicyclic) bond motifs is 1. The van der Waals surface area contributed by atoms with Gasteiger partial charge in [-0.2, -0.15) is 31.6 Å². The van der Waals surface area contributed by atoms with Crippen LogP contribution in [-0.2, 0) is 10.8 Å². The van der Waals surface area contributed by atoms with Crippen molar-refractivity contribution in [1.82, 2.24) is 24.8 Å². The number of alkyl halides is 5. The van der Waals surface area contributed by atoms with Crippen LogP contribution < -0.4 is 4.74 Å². The van der Waals surface area contributed by atoms with Crippen molar-refractivity contribution in [3.05, 3.63) is 36.0 Å². The monoisotopic (exact) mass is 421 g/mol. The number of rotatable bonds is 6. The van der Waals surface area contributed by atoms with Gasteiger partial charge in [0, 0.05) is 11.8 Å². The molecule has 7 nitrogen and oxygen atoms in total. The molecule has 1 atom stereocenters. The molecule has 13 heteroatoms. The van der Waals surface area contributed by atoms with Crippen molar-refractivity contribution >= 4 is 5.65 Å². The van der Waals surface area contributed by atoms with Gasteiger partial charge in [0.1, 0.15) is 0 Å². The fourth-order valence-corrected chi connectivity index (χ4v) is 2.26. The summed E-state index contributed by atoms with van der Waals surface area (Å²) in [6.07, 6.45) is -9.74. The molecule has 0 aliphatic carbocycles. The van der Waals surface area contributed by atoms with Gasteiger partial charge < -0.3 is 9.47 Å². The van der Waals surface area contributed by atoms with E-state index in [1.807, 2.05) is 0 Å². The van der Waals surface area contributed by atoms with Crippen molar-refractivity contribution in [2.75, 3.05) is 6.61 Å². The predicted molar refractivity (Wildman–Crippen MR) is 85.6 cm³/mol. The summed E-state index contributed by atoms with van der Waals surface area (Å²) >= 11 is 0.